The molecule has 0 aromatic rings. The third-order valence-corrected chi connectivity index (χ3v) is 7.28. The average molecular weight is 286 g/mol. The van der Waals surface area contributed by atoms with E-state index in [-0.39, 0.29) is 16.9 Å². The Bertz CT molecular complexity index is 558. The van der Waals surface area contributed by atoms with E-state index < -0.39 is 0 Å². The van der Waals surface area contributed by atoms with Gasteiger partial charge in [0.25, 0.3) is 0 Å². The number of fused-ring (bicyclic) bond motifs is 5. The van der Waals surface area contributed by atoms with E-state index in [4.69, 9.17) is 0 Å². The molecule has 0 aliphatic heterocycles. The molecule has 0 bridgehead atoms. The van der Waals surface area contributed by atoms with Crippen molar-refractivity contribution in [3.63, 3.8) is 0 Å². The summed E-state index contributed by atoms with van der Waals surface area (Å²) in [5, 5.41) is 10.4. The van der Waals surface area contributed by atoms with Crippen molar-refractivity contribution in [2.45, 2.75) is 64.9 Å². The number of rotatable bonds is 0. The van der Waals surface area contributed by atoms with Crippen molar-refractivity contribution >= 4 is 5.78 Å². The van der Waals surface area contributed by atoms with E-state index in [1.165, 1.54) is 18.4 Å². The smallest absolute Gasteiger partial charge is 0.155 e. The second-order valence-corrected chi connectivity index (χ2v) is 8.18. The highest BCUT2D eigenvalue weighted by atomic mass is 16.3. The lowest BCUT2D eigenvalue weighted by atomic mass is 9.52. The summed E-state index contributed by atoms with van der Waals surface area (Å²) in [6.45, 7) is 4.65. The zero-order chi connectivity index (χ0) is 14.8. The number of hydrogen-bond donors (Lipinski definition) is 1. The summed E-state index contributed by atoms with van der Waals surface area (Å²) in [7, 11) is 0. The fraction of sp³-hybridized carbons (Fsp3) is 0.737. The molecule has 2 saturated carbocycles. The van der Waals surface area contributed by atoms with Crippen LogP contribution in [0.2, 0.25) is 0 Å². The van der Waals surface area contributed by atoms with Crippen molar-refractivity contribution < 1.29 is 9.90 Å². The normalized spacial score (nSPS) is 48.9. The van der Waals surface area contributed by atoms with Crippen LogP contribution in [0.3, 0.4) is 0 Å². The van der Waals surface area contributed by atoms with E-state index in [2.05, 4.69) is 19.9 Å². The van der Waals surface area contributed by atoms with Gasteiger partial charge >= 0.3 is 0 Å². The lowest BCUT2D eigenvalue weighted by Crippen LogP contribution is -2.45. The molecule has 2 heteroatoms. The first kappa shape index (κ1) is 13.8. The highest BCUT2D eigenvalue weighted by molar-refractivity contribution is 5.92. The number of hydrogen-bond acceptors (Lipinski definition) is 2. The first-order valence-corrected chi connectivity index (χ1v) is 8.57. The monoisotopic (exact) mass is 286 g/mol. The van der Waals surface area contributed by atoms with Crippen molar-refractivity contribution in [1.29, 1.82) is 0 Å². The zero-order valence-electron chi connectivity index (χ0n) is 13.2. The van der Waals surface area contributed by atoms with Gasteiger partial charge in [-0.25, -0.2) is 0 Å². The van der Waals surface area contributed by atoms with Crippen LogP contribution < -0.4 is 0 Å². The highest BCUT2D eigenvalue weighted by Gasteiger charge is 2.55. The molecule has 0 aromatic heterocycles. The predicted octanol–water partition coefficient (Wildman–Crippen LogP) is 3.80. The highest BCUT2D eigenvalue weighted by Crippen LogP contribution is 2.62. The van der Waals surface area contributed by atoms with E-state index in [0.29, 0.717) is 24.0 Å². The van der Waals surface area contributed by atoms with E-state index in [1.807, 2.05) is 6.08 Å². The maximum absolute atomic E-state index is 11.8. The van der Waals surface area contributed by atoms with Gasteiger partial charge in [-0.2, -0.15) is 0 Å². The Morgan fingerprint density at radius 1 is 1.19 bits per heavy atom. The van der Waals surface area contributed by atoms with Gasteiger partial charge < -0.3 is 5.11 Å². The molecule has 2 nitrogen and oxygen atoms in total. The van der Waals surface area contributed by atoms with Crippen LogP contribution in [-0.4, -0.2) is 17.0 Å². The van der Waals surface area contributed by atoms with Crippen LogP contribution in [0, 0.1) is 22.7 Å². The summed E-state index contributed by atoms with van der Waals surface area (Å²) in [5.41, 5.74) is 3.20. The molecule has 2 fully saturated rings. The lowest BCUT2D eigenvalue weighted by Gasteiger charge is -2.53. The van der Waals surface area contributed by atoms with Gasteiger partial charge in [0.15, 0.2) is 5.78 Å². The summed E-state index contributed by atoms with van der Waals surface area (Å²) in [6, 6.07) is 0. The van der Waals surface area contributed by atoms with E-state index in [0.717, 1.165) is 25.7 Å². The first-order chi connectivity index (χ1) is 9.95. The molecule has 0 radical (unpaired) electrons. The molecule has 4 aliphatic rings. The molecule has 4 rings (SSSR count). The van der Waals surface area contributed by atoms with Gasteiger partial charge in [0, 0.05) is 17.3 Å². The average Bonchev–Trinajstić information content (AvgIpc) is 2.76. The molecule has 0 unspecified atom stereocenters. The summed E-state index contributed by atoms with van der Waals surface area (Å²) >= 11 is 0. The molecular formula is C19H26O2. The fourth-order valence-electron chi connectivity index (χ4n) is 5.83. The van der Waals surface area contributed by atoms with E-state index in [1.54, 1.807) is 5.57 Å². The molecule has 0 amide bonds. The molecule has 114 valence electrons. The number of aliphatic hydroxyl groups is 1. The SMILES string of the molecule is C[C@]12CCC(=O)C=C1CC[C@@H]1C2=CC[C@@]2(C)[C@@H]1CC[C@@H]2O. The van der Waals surface area contributed by atoms with Crippen LogP contribution in [0.1, 0.15) is 58.8 Å². The maximum atomic E-state index is 11.8. The van der Waals surface area contributed by atoms with Gasteiger partial charge in [-0.05, 0) is 56.4 Å². The largest absolute Gasteiger partial charge is 0.393 e. The summed E-state index contributed by atoms with van der Waals surface area (Å²) in [4.78, 5) is 11.8. The van der Waals surface area contributed by atoms with Crippen LogP contribution in [0.25, 0.3) is 0 Å². The van der Waals surface area contributed by atoms with Crippen molar-refractivity contribution in [2.24, 2.45) is 22.7 Å². The van der Waals surface area contributed by atoms with Gasteiger partial charge in [-0.1, -0.05) is 31.1 Å². The second kappa shape index (κ2) is 4.32. The quantitative estimate of drug-likeness (QED) is 0.688. The van der Waals surface area contributed by atoms with Gasteiger partial charge in [0.05, 0.1) is 6.10 Å². The Hall–Kier alpha value is -0.890. The lowest BCUT2D eigenvalue weighted by molar-refractivity contribution is -0.115. The minimum atomic E-state index is -0.127. The Morgan fingerprint density at radius 3 is 2.81 bits per heavy atom. The molecule has 0 heterocycles. The zero-order valence-corrected chi connectivity index (χ0v) is 13.2. The number of carbonyl (C=O) groups is 1. The van der Waals surface area contributed by atoms with Gasteiger partial charge in [-0.3, -0.25) is 4.79 Å². The second-order valence-electron chi connectivity index (χ2n) is 8.18. The summed E-state index contributed by atoms with van der Waals surface area (Å²) in [6.07, 6.45) is 11.4. The molecule has 5 atom stereocenters. The van der Waals surface area contributed by atoms with Crippen LogP contribution >= 0.6 is 0 Å². The van der Waals surface area contributed by atoms with Crippen molar-refractivity contribution in [3.05, 3.63) is 23.3 Å². The Kier molecular flexibility index (Phi) is 2.83. The van der Waals surface area contributed by atoms with Crippen molar-refractivity contribution in [3.8, 4) is 0 Å². The molecule has 0 aromatic carbocycles. The summed E-state index contributed by atoms with van der Waals surface area (Å²) < 4.78 is 0. The number of allylic oxidation sites excluding steroid dienone is 4. The minimum Gasteiger partial charge on any atom is -0.393 e. The first-order valence-electron chi connectivity index (χ1n) is 8.57. The molecule has 21 heavy (non-hydrogen) atoms. The van der Waals surface area contributed by atoms with E-state index in [9.17, 15) is 9.90 Å². The Morgan fingerprint density at radius 2 is 2.00 bits per heavy atom. The molecular weight excluding hydrogens is 260 g/mol. The Balaban J connectivity index is 1.76. The molecule has 1 N–H and O–H groups in total. The minimum absolute atomic E-state index is 0.0935. The van der Waals surface area contributed by atoms with Crippen molar-refractivity contribution in [1.82, 2.24) is 0 Å². The number of aliphatic hydroxyl groups excluding tert-OH is 1. The van der Waals surface area contributed by atoms with Crippen LogP contribution in [0.5, 0.6) is 0 Å². The third kappa shape index (κ3) is 1.72. The molecule has 0 spiro atoms. The fourth-order valence-corrected chi connectivity index (χ4v) is 5.83. The van der Waals surface area contributed by atoms with Gasteiger partial charge in [0.2, 0.25) is 0 Å². The standard InChI is InChI=1S/C19H26O2/c1-18-9-7-13(20)11-12(18)3-4-14-15-5-6-17(21)19(15,2)10-8-16(14)18/h8,11,14-15,17,21H,3-7,9-10H2,1-2H3/t14-,15+,17-,18-,19-/m0/s1. The number of ketones is 1. The molecule has 4 aliphatic carbocycles. The van der Waals surface area contributed by atoms with Gasteiger partial charge in [-0.15, -0.1) is 0 Å². The predicted molar refractivity (Wildman–Crippen MR) is 82.7 cm³/mol. The molecule has 0 saturated heterocycles. The van der Waals surface area contributed by atoms with Crippen LogP contribution in [-0.2, 0) is 4.79 Å². The van der Waals surface area contributed by atoms with Crippen molar-refractivity contribution in [2.75, 3.05) is 0 Å². The Labute approximate surface area is 127 Å². The number of carbonyl (C=O) groups excluding carboxylic acids is 1. The van der Waals surface area contributed by atoms with Gasteiger partial charge in [0.1, 0.15) is 0 Å². The van der Waals surface area contributed by atoms with Crippen LogP contribution in [0.4, 0.5) is 0 Å². The van der Waals surface area contributed by atoms with E-state index >= 15 is 0 Å². The topological polar surface area (TPSA) is 37.3 Å². The third-order valence-electron chi connectivity index (χ3n) is 7.28. The summed E-state index contributed by atoms with van der Waals surface area (Å²) in [5.74, 6) is 1.60. The maximum Gasteiger partial charge on any atom is 0.155 e. The van der Waals surface area contributed by atoms with Crippen LogP contribution in [0.15, 0.2) is 23.3 Å².